The third-order valence-electron chi connectivity index (χ3n) is 3.60. The molecule has 0 radical (unpaired) electrons. The fourth-order valence-electron chi connectivity index (χ4n) is 2.20. The van der Waals surface area contributed by atoms with Gasteiger partial charge in [-0.05, 0) is 44.5 Å². The van der Waals surface area contributed by atoms with E-state index in [-0.39, 0.29) is 17.3 Å². The summed E-state index contributed by atoms with van der Waals surface area (Å²) in [6, 6.07) is 5.10. The third-order valence-corrected chi connectivity index (χ3v) is 7.48. The van der Waals surface area contributed by atoms with Crippen molar-refractivity contribution < 1.29 is 26.4 Å². The molecule has 148 valence electrons. The molecule has 0 fully saturated rings. The number of anilines is 1. The van der Waals surface area contributed by atoms with E-state index in [0.29, 0.717) is 12.1 Å². The first-order valence-corrected chi connectivity index (χ1v) is 11.4. The van der Waals surface area contributed by atoms with Gasteiger partial charge in [-0.15, -0.1) is 0 Å². The van der Waals surface area contributed by atoms with Crippen LogP contribution in [0.25, 0.3) is 0 Å². The lowest BCUT2D eigenvalue weighted by molar-refractivity contribution is -0.115. The van der Waals surface area contributed by atoms with Gasteiger partial charge in [0.2, 0.25) is 15.9 Å². The summed E-state index contributed by atoms with van der Waals surface area (Å²) in [5.74, 6) is -0.717. The fourth-order valence-corrected chi connectivity index (χ4v) is 4.74. The van der Waals surface area contributed by atoms with Crippen LogP contribution >= 0.6 is 0 Å². The summed E-state index contributed by atoms with van der Waals surface area (Å²) in [7, 11) is -5.75. The Balaban J connectivity index is 2.83. The van der Waals surface area contributed by atoms with Crippen molar-refractivity contribution >= 4 is 31.5 Å². The highest BCUT2D eigenvalue weighted by Crippen LogP contribution is 2.16. The fraction of sp³-hybridized carbons (Fsp3) is 0.562. The second-order valence-electron chi connectivity index (χ2n) is 6.00. The number of amides is 1. The quantitative estimate of drug-likeness (QED) is 0.602. The zero-order chi connectivity index (χ0) is 20.0. The number of hydrogen-bond donors (Lipinski definition) is 2. The van der Waals surface area contributed by atoms with Crippen molar-refractivity contribution in [1.29, 1.82) is 0 Å². The molecule has 0 bridgehead atoms. The topological polar surface area (TPSA) is 119 Å². The second kappa shape index (κ2) is 9.45. The molecule has 0 aromatic heterocycles. The number of methoxy groups -OCH3 is 1. The average Bonchev–Trinajstić information content (AvgIpc) is 2.54. The van der Waals surface area contributed by atoms with Crippen LogP contribution in [0.3, 0.4) is 0 Å². The van der Waals surface area contributed by atoms with Gasteiger partial charge in [-0.25, -0.2) is 21.6 Å². The Kier molecular flexibility index (Phi) is 8.19. The zero-order valence-corrected chi connectivity index (χ0v) is 17.0. The van der Waals surface area contributed by atoms with E-state index < -0.39 is 37.1 Å². The molecule has 0 saturated carbocycles. The second-order valence-corrected chi connectivity index (χ2v) is 10.2. The van der Waals surface area contributed by atoms with Gasteiger partial charge in [-0.2, -0.15) is 0 Å². The maximum absolute atomic E-state index is 12.2. The van der Waals surface area contributed by atoms with Gasteiger partial charge < -0.3 is 10.1 Å². The first-order valence-electron chi connectivity index (χ1n) is 8.17. The lowest BCUT2D eigenvalue weighted by Gasteiger charge is -2.14. The van der Waals surface area contributed by atoms with Crippen LogP contribution in [0.5, 0.6) is 0 Å². The van der Waals surface area contributed by atoms with Crippen LogP contribution in [-0.4, -0.2) is 53.5 Å². The van der Waals surface area contributed by atoms with Crippen LogP contribution in [-0.2, 0) is 29.4 Å². The molecule has 0 aliphatic rings. The molecule has 1 aromatic carbocycles. The first kappa shape index (κ1) is 22.6. The number of carbonyl (C=O) groups is 1. The average molecular weight is 407 g/mol. The molecule has 1 aromatic rings. The summed E-state index contributed by atoms with van der Waals surface area (Å²) in [5.41, 5.74) is 0.317. The van der Waals surface area contributed by atoms with E-state index in [1.807, 2.05) is 0 Å². The molecule has 1 rings (SSSR count). The predicted molar refractivity (Wildman–Crippen MR) is 100 cm³/mol. The van der Waals surface area contributed by atoms with Crippen molar-refractivity contribution in [1.82, 2.24) is 4.72 Å². The molecule has 2 atom stereocenters. The SMILES string of the molecule is CCCS(=O)(=O)C(C)C(=O)Nc1ccc(S(=O)(=O)NC(C)COC)cc1. The summed E-state index contributed by atoms with van der Waals surface area (Å²) in [5, 5.41) is 1.31. The summed E-state index contributed by atoms with van der Waals surface area (Å²) >= 11 is 0. The van der Waals surface area contributed by atoms with Crippen molar-refractivity contribution in [2.45, 2.75) is 43.4 Å². The Morgan fingerprint density at radius 1 is 1.12 bits per heavy atom. The monoisotopic (exact) mass is 406 g/mol. The minimum absolute atomic E-state index is 0.0325. The Bertz CT molecular complexity index is 804. The van der Waals surface area contributed by atoms with Crippen LogP contribution in [0.4, 0.5) is 5.69 Å². The standard InChI is InChI=1S/C16H26N2O6S2/c1-5-10-25(20,21)13(3)16(19)17-14-6-8-15(9-7-14)26(22,23)18-12(2)11-24-4/h6-9,12-13,18H,5,10-11H2,1-4H3,(H,17,19). The molecular weight excluding hydrogens is 380 g/mol. The number of rotatable bonds is 10. The van der Waals surface area contributed by atoms with E-state index in [1.165, 1.54) is 38.3 Å². The van der Waals surface area contributed by atoms with E-state index in [0.717, 1.165) is 0 Å². The first-order chi connectivity index (χ1) is 12.0. The number of sulfone groups is 1. The largest absolute Gasteiger partial charge is 0.383 e. The molecule has 26 heavy (non-hydrogen) atoms. The molecule has 0 aliphatic carbocycles. The maximum atomic E-state index is 12.2. The van der Waals surface area contributed by atoms with E-state index in [2.05, 4.69) is 10.0 Å². The smallest absolute Gasteiger partial charge is 0.242 e. The molecule has 1 amide bonds. The molecule has 0 spiro atoms. The predicted octanol–water partition coefficient (Wildman–Crippen LogP) is 1.15. The highest BCUT2D eigenvalue weighted by molar-refractivity contribution is 7.92. The molecular formula is C16H26N2O6S2. The number of carbonyl (C=O) groups excluding carboxylic acids is 1. The van der Waals surface area contributed by atoms with E-state index in [4.69, 9.17) is 4.74 Å². The molecule has 2 N–H and O–H groups in total. The van der Waals surface area contributed by atoms with Crippen molar-refractivity contribution in [2.75, 3.05) is 24.8 Å². The third kappa shape index (κ3) is 6.35. The molecule has 2 unspecified atom stereocenters. The summed E-state index contributed by atoms with van der Waals surface area (Å²) in [4.78, 5) is 12.1. The Labute approximate surface area is 155 Å². The minimum Gasteiger partial charge on any atom is -0.383 e. The molecule has 0 heterocycles. The molecule has 0 saturated heterocycles. The van der Waals surface area contributed by atoms with Crippen LogP contribution < -0.4 is 10.0 Å². The van der Waals surface area contributed by atoms with Crippen molar-refractivity contribution in [3.8, 4) is 0 Å². The van der Waals surface area contributed by atoms with Crippen molar-refractivity contribution in [2.24, 2.45) is 0 Å². The number of nitrogens with one attached hydrogen (secondary N) is 2. The summed E-state index contributed by atoms with van der Waals surface area (Å²) in [6.07, 6.45) is 0.432. The highest BCUT2D eigenvalue weighted by atomic mass is 32.2. The normalized spacial score (nSPS) is 14.6. The lowest BCUT2D eigenvalue weighted by atomic mass is 10.3. The molecule has 10 heteroatoms. The van der Waals surface area contributed by atoms with Crippen LogP contribution in [0, 0.1) is 0 Å². The van der Waals surface area contributed by atoms with Gasteiger partial charge in [-0.3, -0.25) is 4.79 Å². The van der Waals surface area contributed by atoms with E-state index in [1.54, 1.807) is 13.8 Å². The summed E-state index contributed by atoms with van der Waals surface area (Å²) < 4.78 is 55.7. The van der Waals surface area contributed by atoms with Crippen molar-refractivity contribution in [3.63, 3.8) is 0 Å². The van der Waals surface area contributed by atoms with Crippen molar-refractivity contribution in [3.05, 3.63) is 24.3 Å². The number of sulfonamides is 1. The van der Waals surface area contributed by atoms with E-state index in [9.17, 15) is 21.6 Å². The Hall–Kier alpha value is -1.49. The highest BCUT2D eigenvalue weighted by Gasteiger charge is 2.27. The Morgan fingerprint density at radius 3 is 2.19 bits per heavy atom. The molecule has 8 nitrogen and oxygen atoms in total. The minimum atomic E-state index is -3.71. The van der Waals surface area contributed by atoms with Crippen LogP contribution in [0.1, 0.15) is 27.2 Å². The maximum Gasteiger partial charge on any atom is 0.242 e. The van der Waals surface area contributed by atoms with Gasteiger partial charge in [0.05, 0.1) is 17.3 Å². The van der Waals surface area contributed by atoms with Crippen LogP contribution in [0.2, 0.25) is 0 Å². The Morgan fingerprint density at radius 2 is 1.69 bits per heavy atom. The number of hydrogen-bond acceptors (Lipinski definition) is 6. The van der Waals surface area contributed by atoms with Gasteiger partial charge in [0.1, 0.15) is 5.25 Å². The summed E-state index contributed by atoms with van der Waals surface area (Å²) in [6.45, 7) is 4.97. The molecule has 0 aliphatic heterocycles. The van der Waals surface area contributed by atoms with Gasteiger partial charge in [-0.1, -0.05) is 6.92 Å². The number of benzene rings is 1. The van der Waals surface area contributed by atoms with E-state index >= 15 is 0 Å². The van der Waals surface area contributed by atoms with Crippen LogP contribution in [0.15, 0.2) is 29.2 Å². The van der Waals surface area contributed by atoms with Gasteiger partial charge in [0, 0.05) is 18.8 Å². The van der Waals surface area contributed by atoms with Gasteiger partial charge in [0.25, 0.3) is 0 Å². The van der Waals surface area contributed by atoms with Gasteiger partial charge >= 0.3 is 0 Å². The van der Waals surface area contributed by atoms with Gasteiger partial charge in [0.15, 0.2) is 9.84 Å². The number of ether oxygens (including phenoxy) is 1. The lowest BCUT2D eigenvalue weighted by Crippen LogP contribution is -2.35. The zero-order valence-electron chi connectivity index (χ0n) is 15.4.